The van der Waals surface area contributed by atoms with E-state index >= 15 is 0 Å². The maximum Gasteiger partial charge on any atom is 0.261 e. The molecule has 0 aliphatic carbocycles. The molecule has 0 spiro atoms. The summed E-state index contributed by atoms with van der Waals surface area (Å²) in [6.07, 6.45) is 7.33. The third-order valence-corrected chi connectivity index (χ3v) is 8.60. The number of anilines is 1. The van der Waals surface area contributed by atoms with Crippen LogP contribution in [0.4, 0.5) is 5.69 Å². The van der Waals surface area contributed by atoms with Crippen LogP contribution in [0.1, 0.15) is 48.0 Å². The zero-order chi connectivity index (χ0) is 30.5. The van der Waals surface area contributed by atoms with Gasteiger partial charge in [-0.3, -0.25) is 14.6 Å². The molecule has 6 aromatic rings. The number of imidazole rings is 1. The van der Waals surface area contributed by atoms with E-state index < -0.39 is 0 Å². The second kappa shape index (κ2) is 12.9. The van der Waals surface area contributed by atoms with Crippen LogP contribution in [-0.4, -0.2) is 26.3 Å². The van der Waals surface area contributed by atoms with Gasteiger partial charge in [-0.05, 0) is 76.7 Å². The summed E-state index contributed by atoms with van der Waals surface area (Å²) in [5.74, 6) is -0.452. The number of rotatable bonds is 9. The smallest absolute Gasteiger partial charge is 0.261 e. The zero-order valence-corrected chi connectivity index (χ0v) is 24.9. The number of carbonyl (C=O) groups is 2. The Bertz CT molecular complexity index is 2010. The molecule has 8 nitrogen and oxygen atoms in total. The molecule has 0 aliphatic heterocycles. The van der Waals surface area contributed by atoms with Gasteiger partial charge in [0.25, 0.3) is 11.8 Å². The lowest BCUT2D eigenvalue weighted by atomic mass is 10.0. The van der Waals surface area contributed by atoms with Crippen LogP contribution in [-0.2, 0) is 19.5 Å². The maximum absolute atomic E-state index is 13.5. The van der Waals surface area contributed by atoms with E-state index in [2.05, 4.69) is 26.7 Å². The minimum absolute atomic E-state index is 0.164. The molecule has 2 N–H and O–H groups in total. The lowest BCUT2D eigenvalue weighted by Crippen LogP contribution is -2.21. The van der Waals surface area contributed by atoms with Crippen LogP contribution in [0.5, 0.6) is 0 Å². The van der Waals surface area contributed by atoms with Gasteiger partial charge in [-0.2, -0.15) is 5.26 Å². The Labute approximate surface area is 262 Å². The van der Waals surface area contributed by atoms with Crippen LogP contribution in [0, 0.1) is 11.3 Å². The van der Waals surface area contributed by atoms with Crippen LogP contribution < -0.4 is 10.6 Å². The van der Waals surface area contributed by atoms with E-state index in [1.807, 2.05) is 53.1 Å². The number of hydrogen-bond acceptors (Lipinski definition) is 6. The second-order valence-electron chi connectivity index (χ2n) is 10.1. The highest BCUT2D eigenvalue weighted by molar-refractivity contribution is 7.20. The fraction of sp³-hybridized carbons (Fsp3) is 0.0882. The Morgan fingerprint density at radius 2 is 1.80 bits per heavy atom. The van der Waals surface area contributed by atoms with Gasteiger partial charge in [-0.15, -0.1) is 11.3 Å². The van der Waals surface area contributed by atoms with Gasteiger partial charge in [0.2, 0.25) is 0 Å². The molecule has 0 unspecified atom stereocenters. The van der Waals surface area contributed by atoms with E-state index in [-0.39, 0.29) is 11.8 Å². The number of amides is 2. The van der Waals surface area contributed by atoms with Gasteiger partial charge in [0.05, 0.1) is 22.8 Å². The predicted molar refractivity (Wildman–Crippen MR) is 172 cm³/mol. The van der Waals surface area contributed by atoms with E-state index in [1.54, 1.807) is 55.2 Å². The first-order chi connectivity index (χ1) is 21.5. The molecule has 0 aliphatic rings. The van der Waals surface area contributed by atoms with Crippen LogP contribution >= 0.6 is 22.9 Å². The zero-order valence-electron chi connectivity index (χ0n) is 23.3. The summed E-state index contributed by atoms with van der Waals surface area (Å²) in [6.45, 7) is 0.956. The number of benzene rings is 3. The lowest BCUT2D eigenvalue weighted by Gasteiger charge is -2.14. The highest BCUT2D eigenvalue weighted by Gasteiger charge is 2.18. The van der Waals surface area contributed by atoms with Crippen LogP contribution in [0.15, 0.2) is 104 Å². The van der Waals surface area contributed by atoms with Crippen molar-refractivity contribution in [1.82, 2.24) is 19.9 Å². The standard InChI is InChI=1S/C34H25ClN6O2S/c35-30-5-1-4-28(29(30)15-27-19-38-21-41(27)20-23-8-6-22(16-36)7-9-23)33(42)40-26-10-11-31-25(13-26)14-32(44-31)34(43)39-18-24-3-2-12-37-17-24/h1-14,17,19,21H,15,18,20H2,(H,39,43)(H,40,42). The highest BCUT2D eigenvalue weighted by atomic mass is 35.5. The van der Waals surface area contributed by atoms with Crippen molar-refractivity contribution in [3.63, 3.8) is 0 Å². The Balaban J connectivity index is 1.17. The van der Waals surface area contributed by atoms with E-state index in [9.17, 15) is 9.59 Å². The molecule has 0 fully saturated rings. The second-order valence-corrected chi connectivity index (χ2v) is 11.6. The first kappa shape index (κ1) is 28.8. The molecule has 3 aromatic carbocycles. The summed E-state index contributed by atoms with van der Waals surface area (Å²) in [7, 11) is 0. The monoisotopic (exact) mass is 616 g/mol. The Kier molecular flexibility index (Phi) is 8.46. The topological polar surface area (TPSA) is 113 Å². The molecule has 44 heavy (non-hydrogen) atoms. The number of carbonyl (C=O) groups excluding carboxylic acids is 2. The number of halogens is 1. The quantitative estimate of drug-likeness (QED) is 0.185. The van der Waals surface area contributed by atoms with Crippen molar-refractivity contribution < 1.29 is 9.59 Å². The van der Waals surface area contributed by atoms with Crippen molar-refractivity contribution in [2.24, 2.45) is 0 Å². The van der Waals surface area contributed by atoms with Gasteiger partial charge < -0.3 is 15.2 Å². The summed E-state index contributed by atoms with van der Waals surface area (Å²) < 4.78 is 2.94. The van der Waals surface area contributed by atoms with Crippen molar-refractivity contribution in [2.75, 3.05) is 5.32 Å². The van der Waals surface area contributed by atoms with Crippen molar-refractivity contribution in [2.45, 2.75) is 19.5 Å². The first-order valence-electron chi connectivity index (χ1n) is 13.7. The number of pyridine rings is 1. The largest absolute Gasteiger partial charge is 0.347 e. The molecular weight excluding hydrogens is 592 g/mol. The summed E-state index contributed by atoms with van der Waals surface area (Å²) in [6, 6.07) is 26.0. The minimum atomic E-state index is -0.287. The predicted octanol–water partition coefficient (Wildman–Crippen LogP) is 6.84. The van der Waals surface area contributed by atoms with Crippen molar-refractivity contribution in [3.8, 4) is 6.07 Å². The van der Waals surface area contributed by atoms with Gasteiger partial charge in [0, 0.05) is 64.8 Å². The first-order valence-corrected chi connectivity index (χ1v) is 14.9. The Morgan fingerprint density at radius 3 is 2.59 bits per heavy atom. The number of aromatic nitrogens is 3. The molecule has 0 radical (unpaired) electrons. The van der Waals surface area contributed by atoms with Crippen LogP contribution in [0.25, 0.3) is 10.1 Å². The number of nitrogens with one attached hydrogen (secondary N) is 2. The van der Waals surface area contributed by atoms with E-state index in [4.69, 9.17) is 16.9 Å². The molecule has 0 atom stereocenters. The highest BCUT2D eigenvalue weighted by Crippen LogP contribution is 2.29. The van der Waals surface area contributed by atoms with Gasteiger partial charge in [-0.1, -0.05) is 35.9 Å². The average Bonchev–Trinajstić information content (AvgIpc) is 3.68. The maximum atomic E-state index is 13.5. The van der Waals surface area contributed by atoms with Crippen molar-refractivity contribution in [1.29, 1.82) is 5.26 Å². The Morgan fingerprint density at radius 1 is 0.932 bits per heavy atom. The molecule has 0 bridgehead atoms. The summed E-state index contributed by atoms with van der Waals surface area (Å²) in [5, 5.41) is 16.3. The molecule has 6 rings (SSSR count). The van der Waals surface area contributed by atoms with Gasteiger partial charge in [0.1, 0.15) is 0 Å². The van der Waals surface area contributed by atoms with Gasteiger partial charge in [0.15, 0.2) is 0 Å². The molecule has 10 heteroatoms. The molecule has 3 aromatic heterocycles. The molecule has 2 amide bonds. The number of thiophene rings is 1. The van der Waals surface area contributed by atoms with Crippen LogP contribution in [0.2, 0.25) is 5.02 Å². The molecule has 0 saturated carbocycles. The number of nitrogens with zero attached hydrogens (tertiary/aromatic N) is 4. The third kappa shape index (κ3) is 6.52. The van der Waals surface area contributed by atoms with Crippen molar-refractivity contribution in [3.05, 3.63) is 147 Å². The molecule has 0 saturated heterocycles. The van der Waals surface area contributed by atoms with Gasteiger partial charge in [-0.25, -0.2) is 4.98 Å². The number of hydrogen-bond donors (Lipinski definition) is 2. The van der Waals surface area contributed by atoms with Gasteiger partial charge >= 0.3 is 0 Å². The van der Waals surface area contributed by atoms with E-state index in [0.717, 1.165) is 26.9 Å². The Hall–Kier alpha value is -5.30. The summed E-state index contributed by atoms with van der Waals surface area (Å²) >= 11 is 8.03. The lowest BCUT2D eigenvalue weighted by molar-refractivity contribution is 0.0954. The van der Waals surface area contributed by atoms with E-state index in [0.29, 0.717) is 51.8 Å². The van der Waals surface area contributed by atoms with Crippen molar-refractivity contribution >= 4 is 50.5 Å². The summed E-state index contributed by atoms with van der Waals surface area (Å²) in [5.41, 5.74) is 5.21. The molecular formula is C34H25ClN6O2S. The SMILES string of the molecule is N#Cc1ccc(Cn2cncc2Cc2c(Cl)cccc2C(=O)Nc2ccc3sc(C(=O)NCc4cccnc4)cc3c2)cc1. The number of nitriles is 1. The fourth-order valence-electron chi connectivity index (χ4n) is 4.85. The fourth-order valence-corrected chi connectivity index (χ4v) is 6.06. The normalized spacial score (nSPS) is 10.8. The minimum Gasteiger partial charge on any atom is -0.347 e. The number of fused-ring (bicyclic) bond motifs is 1. The molecule has 216 valence electrons. The third-order valence-electron chi connectivity index (χ3n) is 7.13. The van der Waals surface area contributed by atoms with Crippen LogP contribution in [0.3, 0.4) is 0 Å². The average molecular weight is 617 g/mol. The van der Waals surface area contributed by atoms with E-state index in [1.165, 1.54) is 11.3 Å². The summed E-state index contributed by atoms with van der Waals surface area (Å²) in [4.78, 5) is 35.3. The molecule has 3 heterocycles.